The van der Waals surface area contributed by atoms with Crippen LogP contribution >= 0.6 is 0 Å². The van der Waals surface area contributed by atoms with Gasteiger partial charge in [0.2, 0.25) is 6.79 Å². The lowest BCUT2D eigenvalue weighted by Gasteiger charge is -2.32. The first-order valence-corrected chi connectivity index (χ1v) is 12.7. The lowest BCUT2D eigenvalue weighted by molar-refractivity contribution is 0.174. The van der Waals surface area contributed by atoms with Gasteiger partial charge in [-0.3, -0.25) is 0 Å². The molecule has 188 valence electrons. The summed E-state index contributed by atoms with van der Waals surface area (Å²) in [5.41, 5.74) is 6.50. The van der Waals surface area contributed by atoms with Crippen molar-refractivity contribution in [1.29, 1.82) is 5.26 Å². The van der Waals surface area contributed by atoms with Crippen LogP contribution in [0.5, 0.6) is 11.5 Å². The number of aryl methyl sites for hydroxylation is 1. The van der Waals surface area contributed by atoms with Gasteiger partial charge in [0, 0.05) is 30.3 Å². The maximum absolute atomic E-state index is 9.09. The lowest BCUT2D eigenvalue weighted by atomic mass is 9.96. The molecule has 2 aliphatic rings. The van der Waals surface area contributed by atoms with E-state index in [1.807, 2.05) is 49.4 Å². The van der Waals surface area contributed by atoms with E-state index in [-0.39, 0.29) is 6.79 Å². The minimum absolute atomic E-state index is 0.267. The Morgan fingerprint density at radius 1 is 0.947 bits per heavy atom. The summed E-state index contributed by atoms with van der Waals surface area (Å²) < 4.78 is 11.0. The smallest absolute Gasteiger partial charge is 0.231 e. The van der Waals surface area contributed by atoms with E-state index in [1.165, 1.54) is 0 Å². The molecule has 0 spiro atoms. The van der Waals surface area contributed by atoms with Gasteiger partial charge in [-0.1, -0.05) is 12.1 Å². The third-order valence-corrected chi connectivity index (χ3v) is 7.48. The van der Waals surface area contributed by atoms with E-state index in [2.05, 4.69) is 37.0 Å². The molecule has 1 saturated heterocycles. The topological polar surface area (TPSA) is 116 Å². The van der Waals surface area contributed by atoms with Gasteiger partial charge in [-0.25, -0.2) is 15.0 Å². The van der Waals surface area contributed by atoms with Gasteiger partial charge in [0.25, 0.3) is 0 Å². The number of anilines is 1. The van der Waals surface area contributed by atoms with Crippen LogP contribution in [0.4, 0.5) is 5.82 Å². The first-order chi connectivity index (χ1) is 18.7. The highest BCUT2D eigenvalue weighted by Gasteiger charge is 2.26. The number of aromatic amines is 2. The number of fused-ring (bicyclic) bond motifs is 2. The normalized spacial score (nSPS) is 15.2. The summed E-state index contributed by atoms with van der Waals surface area (Å²) in [6.45, 7) is 4.08. The molecule has 1 fully saturated rings. The van der Waals surface area contributed by atoms with Crippen molar-refractivity contribution in [1.82, 2.24) is 24.9 Å². The zero-order valence-corrected chi connectivity index (χ0v) is 20.9. The highest BCUT2D eigenvalue weighted by Crippen LogP contribution is 2.38. The van der Waals surface area contributed by atoms with Crippen LogP contribution in [0.15, 0.2) is 54.9 Å². The number of ether oxygens (including phenoxy) is 2. The SMILES string of the molecule is Cc1nc(C2CCN(c3ncnc4[nH]c(-c5ccc(C#N)cc5)cc34)CC2)[nH]c1-c1ccc2c(c1)OCO2. The fourth-order valence-corrected chi connectivity index (χ4v) is 5.43. The number of nitriles is 1. The first-order valence-electron chi connectivity index (χ1n) is 12.7. The molecule has 0 radical (unpaired) electrons. The largest absolute Gasteiger partial charge is 0.454 e. The fraction of sp³-hybridized carbons (Fsp3) is 0.241. The van der Waals surface area contributed by atoms with Crippen LogP contribution < -0.4 is 14.4 Å². The molecular formula is C29H25N7O2. The Labute approximate surface area is 219 Å². The lowest BCUT2D eigenvalue weighted by Crippen LogP contribution is -2.33. The summed E-state index contributed by atoms with van der Waals surface area (Å²) in [6, 6.07) is 17.8. The molecule has 0 amide bonds. The monoisotopic (exact) mass is 503 g/mol. The zero-order chi connectivity index (χ0) is 25.6. The van der Waals surface area contributed by atoms with Gasteiger partial charge in [0.15, 0.2) is 11.5 Å². The van der Waals surface area contributed by atoms with Crippen LogP contribution in [0.3, 0.4) is 0 Å². The number of aromatic nitrogens is 5. The molecule has 7 rings (SSSR count). The second-order valence-corrected chi connectivity index (χ2v) is 9.74. The molecule has 0 saturated carbocycles. The summed E-state index contributed by atoms with van der Waals surface area (Å²) in [6.07, 6.45) is 3.58. The highest BCUT2D eigenvalue weighted by atomic mass is 16.7. The van der Waals surface area contributed by atoms with Gasteiger partial charge in [-0.15, -0.1) is 0 Å². The second-order valence-electron chi connectivity index (χ2n) is 9.74. The van der Waals surface area contributed by atoms with Crippen molar-refractivity contribution >= 4 is 16.9 Å². The molecule has 2 aliphatic heterocycles. The number of benzene rings is 2. The highest BCUT2D eigenvalue weighted by molar-refractivity contribution is 5.92. The number of nitrogens with zero attached hydrogens (tertiary/aromatic N) is 5. The third-order valence-electron chi connectivity index (χ3n) is 7.48. The van der Waals surface area contributed by atoms with Crippen molar-refractivity contribution in [3.05, 3.63) is 71.9 Å². The molecule has 9 nitrogen and oxygen atoms in total. The van der Waals surface area contributed by atoms with Gasteiger partial charge in [-0.05, 0) is 61.7 Å². The standard InChI is InChI=1S/C29H25N7O2/c1-17-26(21-6-7-24-25(12-21)38-16-37-24)35-27(33-17)20-8-10-36(11-9-20)29-22-13-23(34-28(22)31-15-32-29)19-4-2-18(14-30)3-5-19/h2-7,12-13,15,20H,8-11,16H2,1H3,(H,33,35)(H,31,32,34). The maximum atomic E-state index is 9.09. The van der Waals surface area contributed by atoms with Gasteiger partial charge >= 0.3 is 0 Å². The fourth-order valence-electron chi connectivity index (χ4n) is 5.43. The Kier molecular flexibility index (Phi) is 5.25. The number of nitrogens with one attached hydrogen (secondary N) is 2. The van der Waals surface area contributed by atoms with Crippen LogP contribution in [0, 0.1) is 18.3 Å². The Bertz CT molecular complexity index is 1690. The van der Waals surface area contributed by atoms with E-state index in [4.69, 9.17) is 19.7 Å². The molecule has 2 N–H and O–H groups in total. The van der Waals surface area contributed by atoms with E-state index < -0.39 is 0 Å². The minimum atomic E-state index is 0.267. The van der Waals surface area contributed by atoms with Crippen LogP contribution in [0.25, 0.3) is 33.5 Å². The van der Waals surface area contributed by atoms with Crippen LogP contribution in [-0.2, 0) is 0 Å². The maximum Gasteiger partial charge on any atom is 0.231 e. The Balaban J connectivity index is 1.10. The van der Waals surface area contributed by atoms with Crippen molar-refractivity contribution in [2.24, 2.45) is 0 Å². The predicted molar refractivity (Wildman–Crippen MR) is 143 cm³/mol. The summed E-state index contributed by atoms with van der Waals surface area (Å²) in [5, 5.41) is 10.1. The molecule has 0 atom stereocenters. The Morgan fingerprint density at radius 2 is 1.74 bits per heavy atom. The quantitative estimate of drug-likeness (QED) is 0.342. The van der Waals surface area contributed by atoms with Crippen molar-refractivity contribution in [3.8, 4) is 40.1 Å². The number of piperidine rings is 1. The zero-order valence-electron chi connectivity index (χ0n) is 20.9. The molecule has 5 heterocycles. The van der Waals surface area contributed by atoms with Crippen molar-refractivity contribution in [2.75, 3.05) is 24.8 Å². The molecule has 0 aliphatic carbocycles. The van der Waals surface area contributed by atoms with Gasteiger partial charge < -0.3 is 24.3 Å². The van der Waals surface area contributed by atoms with E-state index in [9.17, 15) is 0 Å². The summed E-state index contributed by atoms with van der Waals surface area (Å²) in [5.74, 6) is 3.89. The predicted octanol–water partition coefficient (Wildman–Crippen LogP) is 5.31. The first kappa shape index (κ1) is 22.4. The Morgan fingerprint density at radius 3 is 2.55 bits per heavy atom. The number of hydrogen-bond donors (Lipinski definition) is 2. The molecule has 9 heteroatoms. The van der Waals surface area contributed by atoms with E-state index in [0.29, 0.717) is 11.5 Å². The number of hydrogen-bond acceptors (Lipinski definition) is 7. The number of rotatable bonds is 4. The Hall–Kier alpha value is -4.84. The van der Waals surface area contributed by atoms with Gasteiger partial charge in [0.1, 0.15) is 23.6 Å². The second kappa shape index (κ2) is 8.92. The summed E-state index contributed by atoms with van der Waals surface area (Å²) >= 11 is 0. The number of H-pyrrole nitrogens is 2. The molecule has 0 unspecified atom stereocenters. The van der Waals surface area contributed by atoms with Crippen molar-refractivity contribution in [3.63, 3.8) is 0 Å². The van der Waals surface area contributed by atoms with E-state index in [0.717, 1.165) is 88.3 Å². The minimum Gasteiger partial charge on any atom is -0.454 e. The summed E-state index contributed by atoms with van der Waals surface area (Å²) in [7, 11) is 0. The van der Waals surface area contributed by atoms with Crippen molar-refractivity contribution in [2.45, 2.75) is 25.7 Å². The molecule has 2 aromatic carbocycles. The number of imidazole rings is 1. The molecule has 0 bridgehead atoms. The van der Waals surface area contributed by atoms with Crippen LogP contribution in [0.2, 0.25) is 0 Å². The molecular weight excluding hydrogens is 478 g/mol. The third kappa shape index (κ3) is 3.82. The van der Waals surface area contributed by atoms with E-state index in [1.54, 1.807) is 6.33 Å². The summed E-state index contributed by atoms with van der Waals surface area (Å²) in [4.78, 5) is 23.4. The molecule has 3 aromatic heterocycles. The average molecular weight is 504 g/mol. The van der Waals surface area contributed by atoms with Gasteiger partial charge in [-0.2, -0.15) is 5.26 Å². The average Bonchev–Trinajstić information content (AvgIpc) is 3.70. The van der Waals surface area contributed by atoms with Crippen LogP contribution in [-0.4, -0.2) is 44.8 Å². The van der Waals surface area contributed by atoms with Crippen molar-refractivity contribution < 1.29 is 9.47 Å². The van der Waals surface area contributed by atoms with Gasteiger partial charge in [0.05, 0.1) is 28.4 Å². The molecule has 5 aromatic rings. The molecule has 38 heavy (non-hydrogen) atoms. The van der Waals surface area contributed by atoms with Crippen LogP contribution in [0.1, 0.15) is 35.8 Å². The van der Waals surface area contributed by atoms with E-state index >= 15 is 0 Å².